The molecule has 1 saturated heterocycles. The predicted molar refractivity (Wildman–Crippen MR) is 68.6 cm³/mol. The van der Waals surface area contributed by atoms with Crippen molar-refractivity contribution in [1.29, 1.82) is 0 Å². The highest BCUT2D eigenvalue weighted by Crippen LogP contribution is 2.24. The van der Waals surface area contributed by atoms with Crippen LogP contribution in [0.5, 0.6) is 5.75 Å². The van der Waals surface area contributed by atoms with E-state index in [1.807, 2.05) is 0 Å². The lowest BCUT2D eigenvalue weighted by atomic mass is 10.1. The number of hydrogen-bond acceptors (Lipinski definition) is 4. The molecule has 3 N–H and O–H groups in total. The highest BCUT2D eigenvalue weighted by atomic mass is 16.5. The summed E-state index contributed by atoms with van der Waals surface area (Å²) in [7, 11) is 1.51. The van der Waals surface area contributed by atoms with Crippen molar-refractivity contribution < 1.29 is 14.6 Å². The van der Waals surface area contributed by atoms with E-state index in [1.165, 1.54) is 7.11 Å². The van der Waals surface area contributed by atoms with Crippen LogP contribution < -0.4 is 10.5 Å². The minimum atomic E-state index is -0.428. The number of hydrogen-bond donors (Lipinski definition) is 2. The molecule has 2 rings (SSSR count). The summed E-state index contributed by atoms with van der Waals surface area (Å²) in [6.07, 6.45) is 1.15. The van der Waals surface area contributed by atoms with Crippen LogP contribution in [-0.2, 0) is 0 Å². The van der Waals surface area contributed by atoms with Crippen molar-refractivity contribution in [3.63, 3.8) is 0 Å². The Morgan fingerprint density at radius 3 is 3.00 bits per heavy atom. The highest BCUT2D eigenvalue weighted by Gasteiger charge is 2.25. The summed E-state index contributed by atoms with van der Waals surface area (Å²) in [6, 6.07) is 4.97. The summed E-state index contributed by atoms with van der Waals surface area (Å²) in [5, 5.41) is 9.60. The number of piperidine rings is 1. The quantitative estimate of drug-likeness (QED) is 0.764. The summed E-state index contributed by atoms with van der Waals surface area (Å²) < 4.78 is 5.17. The minimum absolute atomic E-state index is 0.120. The van der Waals surface area contributed by atoms with Gasteiger partial charge in [0.1, 0.15) is 5.75 Å². The first-order valence-corrected chi connectivity index (χ1v) is 6.02. The fourth-order valence-electron chi connectivity index (χ4n) is 2.19. The smallest absolute Gasteiger partial charge is 0.257 e. The Morgan fingerprint density at radius 1 is 1.56 bits per heavy atom. The van der Waals surface area contributed by atoms with Gasteiger partial charge in [-0.3, -0.25) is 4.79 Å². The Kier molecular flexibility index (Phi) is 3.72. The Labute approximate surface area is 106 Å². The molecule has 1 aliphatic heterocycles. The van der Waals surface area contributed by atoms with Crippen LogP contribution in [0.4, 0.5) is 5.69 Å². The molecule has 1 heterocycles. The second-order valence-electron chi connectivity index (χ2n) is 4.51. The molecule has 1 fully saturated rings. The van der Waals surface area contributed by atoms with E-state index in [1.54, 1.807) is 23.1 Å². The molecule has 1 aromatic rings. The molecule has 0 aromatic heterocycles. The monoisotopic (exact) mass is 250 g/mol. The molecule has 1 aromatic carbocycles. The SMILES string of the molecule is COc1cc(N)ccc1C(=O)N1CCC[C@H](O)C1. The van der Waals surface area contributed by atoms with Gasteiger partial charge in [0, 0.05) is 24.8 Å². The van der Waals surface area contributed by atoms with E-state index in [9.17, 15) is 9.90 Å². The first-order valence-electron chi connectivity index (χ1n) is 6.02. The van der Waals surface area contributed by atoms with E-state index in [0.29, 0.717) is 30.1 Å². The number of amides is 1. The number of carbonyl (C=O) groups is 1. The normalized spacial score (nSPS) is 19.7. The summed E-state index contributed by atoms with van der Waals surface area (Å²) >= 11 is 0. The topological polar surface area (TPSA) is 75.8 Å². The fraction of sp³-hybridized carbons (Fsp3) is 0.462. The first kappa shape index (κ1) is 12.7. The maximum atomic E-state index is 12.3. The van der Waals surface area contributed by atoms with Gasteiger partial charge in [0.25, 0.3) is 5.91 Å². The van der Waals surface area contributed by atoms with Gasteiger partial charge in [0.15, 0.2) is 0 Å². The second-order valence-corrected chi connectivity index (χ2v) is 4.51. The zero-order chi connectivity index (χ0) is 13.1. The number of rotatable bonds is 2. The predicted octanol–water partition coefficient (Wildman–Crippen LogP) is 0.874. The van der Waals surface area contributed by atoms with Crippen LogP contribution in [0.25, 0.3) is 0 Å². The number of β-amino-alcohol motifs (C(OH)–C–C–N with tert-alkyl or cyclic N) is 1. The lowest BCUT2D eigenvalue weighted by molar-refractivity contribution is 0.0471. The third kappa shape index (κ3) is 2.56. The van der Waals surface area contributed by atoms with E-state index < -0.39 is 6.10 Å². The average Bonchev–Trinajstić information content (AvgIpc) is 2.37. The van der Waals surface area contributed by atoms with Gasteiger partial charge in [-0.05, 0) is 25.0 Å². The molecule has 5 nitrogen and oxygen atoms in total. The van der Waals surface area contributed by atoms with E-state index in [4.69, 9.17) is 10.5 Å². The van der Waals surface area contributed by atoms with E-state index in [2.05, 4.69) is 0 Å². The second kappa shape index (κ2) is 5.27. The number of aliphatic hydroxyl groups is 1. The van der Waals surface area contributed by atoms with Crippen LogP contribution in [0.3, 0.4) is 0 Å². The van der Waals surface area contributed by atoms with Crippen molar-refractivity contribution in [3.05, 3.63) is 23.8 Å². The molecule has 98 valence electrons. The van der Waals surface area contributed by atoms with Gasteiger partial charge in [-0.25, -0.2) is 0 Å². The molecule has 1 amide bonds. The summed E-state index contributed by atoms with van der Waals surface area (Å²) in [4.78, 5) is 14.0. The summed E-state index contributed by atoms with van der Waals surface area (Å²) in [5.41, 5.74) is 6.70. The molecule has 0 bridgehead atoms. The molecule has 0 unspecified atom stereocenters. The van der Waals surface area contributed by atoms with Crippen molar-refractivity contribution in [1.82, 2.24) is 4.90 Å². The summed E-state index contributed by atoms with van der Waals surface area (Å²) in [5.74, 6) is 0.352. The number of aliphatic hydroxyl groups excluding tert-OH is 1. The van der Waals surface area contributed by atoms with Gasteiger partial charge in [-0.2, -0.15) is 0 Å². The number of ether oxygens (including phenoxy) is 1. The number of benzene rings is 1. The molecule has 0 aliphatic carbocycles. The Bertz CT molecular complexity index is 448. The van der Waals surface area contributed by atoms with Crippen molar-refractivity contribution in [2.45, 2.75) is 18.9 Å². The number of anilines is 1. The van der Waals surface area contributed by atoms with Crippen LogP contribution in [0, 0.1) is 0 Å². The van der Waals surface area contributed by atoms with E-state index in [-0.39, 0.29) is 5.91 Å². The number of carbonyl (C=O) groups excluding carboxylic acids is 1. The number of methoxy groups -OCH3 is 1. The largest absolute Gasteiger partial charge is 0.496 e. The van der Waals surface area contributed by atoms with Gasteiger partial charge in [-0.1, -0.05) is 0 Å². The fourth-order valence-corrected chi connectivity index (χ4v) is 2.19. The van der Waals surface area contributed by atoms with Crippen molar-refractivity contribution in [3.8, 4) is 5.75 Å². The lowest BCUT2D eigenvalue weighted by Crippen LogP contribution is -2.42. The van der Waals surface area contributed by atoms with Crippen LogP contribution >= 0.6 is 0 Å². The third-order valence-corrected chi connectivity index (χ3v) is 3.14. The standard InChI is InChI=1S/C13H18N2O3/c1-18-12-7-9(14)4-5-11(12)13(17)15-6-2-3-10(16)8-15/h4-5,7,10,16H,2-3,6,8,14H2,1H3/t10-/m0/s1. The zero-order valence-electron chi connectivity index (χ0n) is 10.4. The van der Waals surface area contributed by atoms with Gasteiger partial charge >= 0.3 is 0 Å². The van der Waals surface area contributed by atoms with Gasteiger partial charge in [0.05, 0.1) is 18.8 Å². The molecule has 1 aliphatic rings. The Balaban J connectivity index is 2.22. The maximum Gasteiger partial charge on any atom is 0.257 e. The van der Waals surface area contributed by atoms with Gasteiger partial charge in [-0.15, -0.1) is 0 Å². The van der Waals surface area contributed by atoms with Gasteiger partial charge in [0.2, 0.25) is 0 Å². The Hall–Kier alpha value is -1.75. The molecule has 0 radical (unpaired) electrons. The van der Waals surface area contributed by atoms with E-state index >= 15 is 0 Å². The van der Waals surface area contributed by atoms with Crippen LogP contribution in [0.2, 0.25) is 0 Å². The third-order valence-electron chi connectivity index (χ3n) is 3.14. The Morgan fingerprint density at radius 2 is 2.33 bits per heavy atom. The number of nitrogens with two attached hydrogens (primary N) is 1. The van der Waals surface area contributed by atoms with Crippen molar-refractivity contribution in [2.24, 2.45) is 0 Å². The number of likely N-dealkylation sites (tertiary alicyclic amines) is 1. The average molecular weight is 250 g/mol. The number of nitrogen functional groups attached to an aromatic ring is 1. The highest BCUT2D eigenvalue weighted by molar-refractivity contribution is 5.97. The van der Waals surface area contributed by atoms with Crippen molar-refractivity contribution in [2.75, 3.05) is 25.9 Å². The molecule has 0 spiro atoms. The van der Waals surface area contributed by atoms with Crippen LogP contribution in [0.1, 0.15) is 23.2 Å². The van der Waals surface area contributed by atoms with E-state index in [0.717, 1.165) is 12.8 Å². The van der Waals surface area contributed by atoms with Gasteiger partial charge < -0.3 is 20.5 Å². The maximum absolute atomic E-state index is 12.3. The van der Waals surface area contributed by atoms with Crippen molar-refractivity contribution >= 4 is 11.6 Å². The molecule has 18 heavy (non-hydrogen) atoms. The molecule has 1 atom stereocenters. The van der Waals surface area contributed by atoms with Crippen LogP contribution in [0.15, 0.2) is 18.2 Å². The first-order chi connectivity index (χ1) is 8.61. The zero-order valence-corrected chi connectivity index (χ0v) is 10.4. The molecule has 0 saturated carbocycles. The molecule has 5 heteroatoms. The molecular weight excluding hydrogens is 232 g/mol. The lowest BCUT2D eigenvalue weighted by Gasteiger charge is -2.30. The minimum Gasteiger partial charge on any atom is -0.496 e. The van der Waals surface area contributed by atoms with Crippen LogP contribution in [-0.4, -0.2) is 42.2 Å². The summed E-state index contributed by atoms with van der Waals surface area (Å²) in [6.45, 7) is 1.05. The molecular formula is C13H18N2O3. The number of nitrogens with zero attached hydrogens (tertiary/aromatic N) is 1.